The van der Waals surface area contributed by atoms with Crippen LogP contribution >= 0.6 is 0 Å². The Hall–Kier alpha value is -5.96. The summed E-state index contributed by atoms with van der Waals surface area (Å²) in [7, 11) is 0. The van der Waals surface area contributed by atoms with Crippen LogP contribution in [-0.4, -0.2) is 30.1 Å². The third-order valence-electron chi connectivity index (χ3n) is 11.2. The SMILES string of the molecule is CCCCCCCCCCCOc1ccc(-c2ccc(C(=O)Oc3cccc(OC(=O)c4ccc(-c5ccc(OCCCCCCCCCCC)cc5)cc4)c3[N+](=O)[O-])cc2)cc1. The highest BCUT2D eigenvalue weighted by atomic mass is 16.6. The van der Waals surface area contributed by atoms with Gasteiger partial charge in [0.1, 0.15) is 11.5 Å². The Kier molecular flexibility index (Phi) is 20.7. The van der Waals surface area contributed by atoms with Gasteiger partial charge >= 0.3 is 17.6 Å². The predicted octanol–water partition coefficient (Wildman–Crippen LogP) is 15.2. The number of carbonyl (C=O) groups excluding carboxylic acids is 2. The fourth-order valence-corrected chi connectivity index (χ4v) is 7.45. The molecule has 5 aromatic carbocycles. The number of hydrogen-bond donors (Lipinski definition) is 0. The van der Waals surface area contributed by atoms with Gasteiger partial charge in [-0.05, 0) is 95.8 Å². The van der Waals surface area contributed by atoms with Gasteiger partial charge in [-0.3, -0.25) is 10.1 Å². The molecule has 0 saturated heterocycles. The lowest BCUT2D eigenvalue weighted by molar-refractivity contribution is -0.386. The fourth-order valence-electron chi connectivity index (χ4n) is 7.45. The second-order valence-electron chi connectivity index (χ2n) is 16.2. The zero-order valence-electron chi connectivity index (χ0n) is 37.3. The fraction of sp³-hybridized carbons (Fsp3) is 0.407. The van der Waals surface area contributed by atoms with E-state index in [1.54, 1.807) is 48.5 Å². The molecule has 9 nitrogen and oxygen atoms in total. The maximum atomic E-state index is 13.2. The molecule has 0 N–H and O–H groups in total. The van der Waals surface area contributed by atoms with Crippen LogP contribution in [0.25, 0.3) is 22.3 Å². The maximum Gasteiger partial charge on any atom is 0.353 e. The molecule has 5 rings (SSSR count). The van der Waals surface area contributed by atoms with E-state index in [9.17, 15) is 19.7 Å². The molecular formula is C54H65NO8. The molecule has 0 amide bonds. The van der Waals surface area contributed by atoms with E-state index in [4.69, 9.17) is 18.9 Å². The highest BCUT2D eigenvalue weighted by Gasteiger charge is 2.27. The van der Waals surface area contributed by atoms with E-state index in [0.29, 0.717) is 13.2 Å². The molecule has 0 spiro atoms. The summed E-state index contributed by atoms with van der Waals surface area (Å²) in [5.74, 6) is -0.632. The lowest BCUT2D eigenvalue weighted by Gasteiger charge is -2.10. The van der Waals surface area contributed by atoms with Gasteiger partial charge in [0.2, 0.25) is 11.5 Å². The first kappa shape index (κ1) is 48.1. The van der Waals surface area contributed by atoms with Crippen LogP contribution in [0.15, 0.2) is 115 Å². The number of nitro groups is 1. The van der Waals surface area contributed by atoms with Gasteiger partial charge in [0.05, 0.1) is 29.3 Å². The summed E-state index contributed by atoms with van der Waals surface area (Å²) < 4.78 is 22.9. The molecule has 0 fully saturated rings. The van der Waals surface area contributed by atoms with Crippen LogP contribution in [0.1, 0.15) is 150 Å². The van der Waals surface area contributed by atoms with Crippen molar-refractivity contribution < 1.29 is 33.5 Å². The van der Waals surface area contributed by atoms with Gasteiger partial charge < -0.3 is 18.9 Å². The van der Waals surface area contributed by atoms with Crippen LogP contribution in [-0.2, 0) is 0 Å². The Morgan fingerprint density at radius 1 is 0.429 bits per heavy atom. The van der Waals surface area contributed by atoms with E-state index in [-0.39, 0.29) is 22.6 Å². The molecule has 9 heteroatoms. The number of esters is 2. The number of nitrogens with zero attached hydrogens (tertiary/aromatic N) is 1. The van der Waals surface area contributed by atoms with Gasteiger partial charge in [0, 0.05) is 0 Å². The highest BCUT2D eigenvalue weighted by Crippen LogP contribution is 2.38. The van der Waals surface area contributed by atoms with Crippen molar-refractivity contribution in [2.75, 3.05) is 13.2 Å². The minimum atomic E-state index is -0.789. The second-order valence-corrected chi connectivity index (χ2v) is 16.2. The summed E-state index contributed by atoms with van der Waals surface area (Å²) in [6, 6.07) is 33.2. The predicted molar refractivity (Wildman–Crippen MR) is 252 cm³/mol. The van der Waals surface area contributed by atoms with E-state index in [1.165, 1.54) is 121 Å². The molecule has 0 heterocycles. The van der Waals surface area contributed by atoms with Crippen molar-refractivity contribution in [2.45, 2.75) is 129 Å². The Labute approximate surface area is 374 Å². The number of nitro benzene ring substituents is 1. The Balaban J connectivity index is 1.08. The third kappa shape index (κ3) is 16.4. The van der Waals surface area contributed by atoms with E-state index >= 15 is 0 Å². The van der Waals surface area contributed by atoms with Crippen molar-refractivity contribution in [3.8, 4) is 45.3 Å². The topological polar surface area (TPSA) is 114 Å². The van der Waals surface area contributed by atoms with Crippen molar-refractivity contribution in [2.24, 2.45) is 0 Å². The van der Waals surface area contributed by atoms with Crippen molar-refractivity contribution in [1.29, 1.82) is 0 Å². The summed E-state index contributed by atoms with van der Waals surface area (Å²) >= 11 is 0. The van der Waals surface area contributed by atoms with Crippen molar-refractivity contribution in [1.82, 2.24) is 0 Å². The number of hydrogen-bond acceptors (Lipinski definition) is 8. The van der Waals surface area contributed by atoms with Gasteiger partial charge in [-0.1, -0.05) is 171 Å². The average molecular weight is 856 g/mol. The monoisotopic (exact) mass is 855 g/mol. The summed E-state index contributed by atoms with van der Waals surface area (Å²) in [5, 5.41) is 12.2. The van der Waals surface area contributed by atoms with Crippen LogP contribution in [0.2, 0.25) is 0 Å². The number of ether oxygens (including phenoxy) is 4. The lowest BCUT2D eigenvalue weighted by atomic mass is 10.0. The van der Waals surface area contributed by atoms with E-state index in [1.807, 2.05) is 48.5 Å². The molecule has 0 aliphatic carbocycles. The number of unbranched alkanes of at least 4 members (excludes halogenated alkanes) is 16. The summed E-state index contributed by atoms with van der Waals surface area (Å²) in [6.07, 6.45) is 22.8. The Bertz CT molecular complexity index is 1970. The molecule has 0 aromatic heterocycles. The van der Waals surface area contributed by atoms with Gasteiger partial charge in [0.25, 0.3) is 0 Å². The second kappa shape index (κ2) is 27.2. The zero-order chi connectivity index (χ0) is 44.5. The van der Waals surface area contributed by atoms with Crippen LogP contribution in [0.4, 0.5) is 5.69 Å². The van der Waals surface area contributed by atoms with Crippen molar-refractivity contribution in [3.63, 3.8) is 0 Å². The third-order valence-corrected chi connectivity index (χ3v) is 11.2. The first-order valence-electron chi connectivity index (χ1n) is 23.2. The van der Waals surface area contributed by atoms with Gasteiger partial charge in [-0.2, -0.15) is 0 Å². The summed E-state index contributed by atoms with van der Waals surface area (Å²) in [6.45, 7) is 5.87. The minimum Gasteiger partial charge on any atom is -0.494 e. The van der Waals surface area contributed by atoms with Gasteiger partial charge in [0.15, 0.2) is 0 Å². The molecule has 334 valence electrons. The number of benzene rings is 5. The molecule has 5 aromatic rings. The van der Waals surface area contributed by atoms with E-state index < -0.39 is 22.5 Å². The van der Waals surface area contributed by atoms with E-state index in [2.05, 4.69) is 13.8 Å². The first-order valence-corrected chi connectivity index (χ1v) is 23.2. The minimum absolute atomic E-state index is 0.202. The normalized spacial score (nSPS) is 11.0. The molecule has 0 aliphatic heterocycles. The molecule has 0 saturated carbocycles. The maximum absolute atomic E-state index is 13.2. The Morgan fingerprint density at radius 3 is 1.05 bits per heavy atom. The van der Waals surface area contributed by atoms with Crippen LogP contribution in [0.5, 0.6) is 23.0 Å². The van der Waals surface area contributed by atoms with Crippen molar-refractivity contribution >= 4 is 17.6 Å². The van der Waals surface area contributed by atoms with E-state index in [0.717, 1.165) is 46.6 Å². The number of rotatable bonds is 29. The molecule has 0 aliphatic rings. The largest absolute Gasteiger partial charge is 0.494 e. The number of carbonyl (C=O) groups is 2. The zero-order valence-corrected chi connectivity index (χ0v) is 37.3. The molecule has 63 heavy (non-hydrogen) atoms. The lowest BCUT2D eigenvalue weighted by Crippen LogP contribution is -2.12. The Morgan fingerprint density at radius 2 is 0.730 bits per heavy atom. The van der Waals surface area contributed by atoms with Crippen LogP contribution in [0.3, 0.4) is 0 Å². The molecule has 0 bridgehead atoms. The summed E-state index contributed by atoms with van der Waals surface area (Å²) in [4.78, 5) is 37.9. The number of para-hydroxylation sites is 1. The standard InChI is InChI=1S/C54H65NO8/c1-3-5-7-9-11-13-15-17-19-40-60-48-36-32-44(33-37-48)42-24-28-46(29-25-42)53(56)62-50-22-21-23-51(52(50)55(58)59)63-54(57)47-30-26-43(27-31-47)45-34-38-49(39-35-45)61-41-20-18-16-14-12-10-8-6-4-2/h21-39H,3-20,40-41H2,1-2H3. The molecule has 0 unspecified atom stereocenters. The summed E-state index contributed by atoms with van der Waals surface area (Å²) in [5.41, 5.74) is 3.43. The molecule has 0 radical (unpaired) electrons. The highest BCUT2D eigenvalue weighted by molar-refractivity contribution is 5.94. The average Bonchev–Trinajstić information content (AvgIpc) is 3.30. The van der Waals surface area contributed by atoms with Gasteiger partial charge in [-0.25, -0.2) is 9.59 Å². The van der Waals surface area contributed by atoms with Gasteiger partial charge in [-0.15, -0.1) is 0 Å². The van der Waals surface area contributed by atoms with Crippen LogP contribution < -0.4 is 18.9 Å². The quantitative estimate of drug-likeness (QED) is 0.0154. The smallest absolute Gasteiger partial charge is 0.353 e. The van der Waals surface area contributed by atoms with Crippen molar-refractivity contribution in [3.05, 3.63) is 137 Å². The molecular weight excluding hydrogens is 791 g/mol. The molecule has 0 atom stereocenters. The first-order chi connectivity index (χ1) is 30.9. The van der Waals surface area contributed by atoms with Crippen LogP contribution in [0, 0.1) is 10.1 Å².